The summed E-state index contributed by atoms with van der Waals surface area (Å²) in [6, 6.07) is 13.9. The minimum Gasteiger partial charge on any atom is -0.479 e. The fourth-order valence-corrected chi connectivity index (χ4v) is 4.38. The first-order valence-electron chi connectivity index (χ1n) is 12.3. The van der Waals surface area contributed by atoms with Gasteiger partial charge in [-0.15, -0.1) is 0 Å². The summed E-state index contributed by atoms with van der Waals surface area (Å²) in [5.41, 5.74) is 0.632. The van der Waals surface area contributed by atoms with E-state index >= 15 is 0 Å². The van der Waals surface area contributed by atoms with Crippen molar-refractivity contribution in [2.75, 3.05) is 11.9 Å². The molecule has 1 fully saturated rings. The fourth-order valence-electron chi connectivity index (χ4n) is 4.18. The number of imide groups is 1. The van der Waals surface area contributed by atoms with Crippen LogP contribution in [0, 0.1) is 0 Å². The Kier molecular flexibility index (Phi) is 11.2. The molecule has 1 aliphatic rings. The highest BCUT2D eigenvalue weighted by Crippen LogP contribution is 2.25. The summed E-state index contributed by atoms with van der Waals surface area (Å²) < 4.78 is 10.6. The molecule has 2 aromatic carbocycles. The Bertz CT molecular complexity index is 1280. The standard InChI is InChI=1S/C28H27BrN2O9/c29-15-22(33)14-21(16-32)24(26(35)36)31(28(38)40-18-20-10-5-2-6-11-20)25(34)23-12-7-13-30(23)27(37)39-17-19-8-3-1-4-9-19/h1-6,8-11,23-24H,7,12-15,17-18H2,(H,35,36)/t23-,24-/m0/s1. The molecule has 2 atom stereocenters. The third kappa shape index (κ3) is 7.87. The number of carbonyl (C=O) groups is 5. The van der Waals surface area contributed by atoms with Crippen LogP contribution < -0.4 is 0 Å². The summed E-state index contributed by atoms with van der Waals surface area (Å²) in [5, 5.41) is 9.82. The molecule has 0 aromatic heterocycles. The second-order valence-corrected chi connectivity index (χ2v) is 9.42. The van der Waals surface area contributed by atoms with Gasteiger partial charge in [-0.25, -0.2) is 24.1 Å². The molecule has 0 saturated carbocycles. The van der Waals surface area contributed by atoms with Crippen LogP contribution in [-0.2, 0) is 41.9 Å². The number of rotatable bonds is 11. The lowest BCUT2D eigenvalue weighted by Crippen LogP contribution is -2.56. The van der Waals surface area contributed by atoms with Crippen LogP contribution in [0.25, 0.3) is 0 Å². The number of carboxylic acid groups (broad SMARTS) is 1. The Morgan fingerprint density at radius 2 is 1.55 bits per heavy atom. The summed E-state index contributed by atoms with van der Waals surface area (Å²) in [7, 11) is 0. The van der Waals surface area contributed by atoms with Gasteiger partial charge in [0.15, 0.2) is 6.04 Å². The van der Waals surface area contributed by atoms with Gasteiger partial charge in [0.05, 0.1) is 10.9 Å². The number of carboxylic acids is 1. The Balaban J connectivity index is 1.89. The first kappa shape index (κ1) is 30.3. The molecule has 3 amide bonds. The van der Waals surface area contributed by atoms with Gasteiger partial charge in [-0.3, -0.25) is 14.5 Å². The number of alkyl halides is 1. The molecule has 12 heteroatoms. The molecule has 0 radical (unpaired) electrons. The Morgan fingerprint density at radius 1 is 0.975 bits per heavy atom. The smallest absolute Gasteiger partial charge is 0.418 e. The number of halogens is 1. The SMILES string of the molecule is O=C=C(CC(=O)CBr)[C@@H](C(=O)O)N(C(=O)OCc1ccccc1)C(=O)[C@@H]1CCCN1C(=O)OCc1ccccc1. The summed E-state index contributed by atoms with van der Waals surface area (Å²) >= 11 is 2.94. The summed E-state index contributed by atoms with van der Waals surface area (Å²) in [6.45, 7) is -0.249. The molecule has 3 rings (SSSR count). The number of nitrogens with zero attached hydrogens (tertiary/aromatic N) is 2. The second kappa shape index (κ2) is 14.8. The Hall–Kier alpha value is -4.28. The average molecular weight is 615 g/mol. The molecule has 0 unspecified atom stereocenters. The molecule has 0 aliphatic carbocycles. The quantitative estimate of drug-likeness (QED) is 0.296. The molecule has 11 nitrogen and oxygen atoms in total. The lowest BCUT2D eigenvalue weighted by atomic mass is 10.0. The van der Waals surface area contributed by atoms with Crippen LogP contribution in [0.1, 0.15) is 30.4 Å². The van der Waals surface area contributed by atoms with Crippen molar-refractivity contribution in [3.63, 3.8) is 0 Å². The number of aliphatic carboxylic acids is 1. The summed E-state index contributed by atoms with van der Waals surface area (Å²) in [6.07, 6.45) is -2.38. The molecular weight excluding hydrogens is 588 g/mol. The van der Waals surface area contributed by atoms with Crippen molar-refractivity contribution in [1.82, 2.24) is 9.80 Å². The van der Waals surface area contributed by atoms with E-state index in [1.807, 2.05) is 0 Å². The third-order valence-corrected chi connectivity index (χ3v) is 6.73. The van der Waals surface area contributed by atoms with E-state index in [1.165, 1.54) is 5.94 Å². The molecule has 0 bridgehead atoms. The maximum Gasteiger partial charge on any atom is 0.418 e. The van der Waals surface area contributed by atoms with Gasteiger partial charge < -0.3 is 14.6 Å². The van der Waals surface area contributed by atoms with Gasteiger partial charge in [0.2, 0.25) is 0 Å². The fraction of sp³-hybridized carbons (Fsp3) is 0.321. The van der Waals surface area contributed by atoms with E-state index in [2.05, 4.69) is 15.9 Å². The number of Topliss-reactive ketones (excluding diaryl/α,β-unsaturated/α-hetero) is 1. The van der Waals surface area contributed by atoms with Crippen LogP contribution in [0.5, 0.6) is 0 Å². The number of benzene rings is 2. The van der Waals surface area contributed by atoms with Crippen LogP contribution in [0.3, 0.4) is 0 Å². The predicted octanol–water partition coefficient (Wildman–Crippen LogP) is 3.52. The van der Waals surface area contributed by atoms with Crippen LogP contribution >= 0.6 is 15.9 Å². The number of hydrogen-bond acceptors (Lipinski definition) is 8. The van der Waals surface area contributed by atoms with Crippen LogP contribution in [0.15, 0.2) is 66.2 Å². The molecule has 1 aliphatic heterocycles. The van der Waals surface area contributed by atoms with E-state index in [-0.39, 0.29) is 36.4 Å². The van der Waals surface area contributed by atoms with Crippen molar-refractivity contribution >= 4 is 51.7 Å². The zero-order chi connectivity index (χ0) is 29.1. The Labute approximate surface area is 238 Å². The van der Waals surface area contributed by atoms with Gasteiger partial charge in [-0.1, -0.05) is 76.6 Å². The Morgan fingerprint density at radius 3 is 2.08 bits per heavy atom. The molecule has 0 spiro atoms. The van der Waals surface area contributed by atoms with Crippen molar-refractivity contribution in [1.29, 1.82) is 0 Å². The number of carbonyl (C=O) groups excluding carboxylic acids is 5. The molecule has 40 heavy (non-hydrogen) atoms. The number of hydrogen-bond donors (Lipinski definition) is 1. The predicted molar refractivity (Wildman–Crippen MR) is 144 cm³/mol. The van der Waals surface area contributed by atoms with Crippen molar-refractivity contribution in [3.8, 4) is 0 Å². The minimum atomic E-state index is -2.18. The zero-order valence-corrected chi connectivity index (χ0v) is 22.9. The monoisotopic (exact) mass is 614 g/mol. The number of amides is 3. The van der Waals surface area contributed by atoms with Gasteiger partial charge in [-0.05, 0) is 24.0 Å². The van der Waals surface area contributed by atoms with E-state index in [4.69, 9.17) is 9.47 Å². The van der Waals surface area contributed by atoms with E-state index in [0.717, 1.165) is 4.90 Å². The van der Waals surface area contributed by atoms with E-state index in [9.17, 15) is 33.9 Å². The molecule has 1 heterocycles. The normalized spacial score (nSPS) is 14.9. The number of likely N-dealkylation sites (tertiary alicyclic amines) is 1. The maximum absolute atomic E-state index is 13.8. The van der Waals surface area contributed by atoms with Gasteiger partial charge in [0, 0.05) is 13.0 Å². The lowest BCUT2D eigenvalue weighted by Gasteiger charge is -2.31. The second-order valence-electron chi connectivity index (χ2n) is 8.86. The van der Waals surface area contributed by atoms with E-state index in [1.54, 1.807) is 60.7 Å². The molecule has 2 aromatic rings. The highest BCUT2D eigenvalue weighted by Gasteiger charge is 2.46. The first-order chi connectivity index (χ1) is 19.3. The van der Waals surface area contributed by atoms with Crippen LogP contribution in [0.2, 0.25) is 0 Å². The first-order valence-corrected chi connectivity index (χ1v) is 13.4. The van der Waals surface area contributed by atoms with Gasteiger partial charge in [0.1, 0.15) is 31.0 Å². The molecule has 210 valence electrons. The van der Waals surface area contributed by atoms with E-state index < -0.39 is 53.9 Å². The van der Waals surface area contributed by atoms with Crippen LogP contribution in [0.4, 0.5) is 9.59 Å². The topological polar surface area (TPSA) is 148 Å². The highest BCUT2D eigenvalue weighted by molar-refractivity contribution is 9.09. The number of ketones is 1. The van der Waals surface area contributed by atoms with Crippen LogP contribution in [-0.4, -0.2) is 74.7 Å². The highest BCUT2D eigenvalue weighted by atomic mass is 79.9. The van der Waals surface area contributed by atoms with Crippen molar-refractivity contribution in [2.24, 2.45) is 0 Å². The maximum atomic E-state index is 13.8. The molecule has 1 N–H and O–H groups in total. The zero-order valence-electron chi connectivity index (χ0n) is 21.4. The van der Waals surface area contributed by atoms with Crippen molar-refractivity contribution in [2.45, 2.75) is 44.6 Å². The van der Waals surface area contributed by atoms with E-state index in [0.29, 0.717) is 17.5 Å². The minimum absolute atomic E-state index is 0.0651. The van der Waals surface area contributed by atoms with Gasteiger partial charge >= 0.3 is 18.2 Å². The summed E-state index contributed by atoms with van der Waals surface area (Å²) in [4.78, 5) is 77.5. The molecular formula is C28H27BrN2O9. The third-order valence-electron chi connectivity index (χ3n) is 6.11. The average Bonchev–Trinajstić information content (AvgIpc) is 3.47. The number of ether oxygens (including phenoxy) is 2. The van der Waals surface area contributed by atoms with Gasteiger partial charge in [-0.2, -0.15) is 0 Å². The summed E-state index contributed by atoms with van der Waals surface area (Å²) in [5.74, 6) is -1.99. The lowest BCUT2D eigenvalue weighted by molar-refractivity contribution is -0.149. The van der Waals surface area contributed by atoms with Crippen molar-refractivity contribution in [3.05, 3.63) is 77.4 Å². The largest absolute Gasteiger partial charge is 0.479 e. The van der Waals surface area contributed by atoms with Gasteiger partial charge in [0.25, 0.3) is 5.91 Å². The van der Waals surface area contributed by atoms with Crippen molar-refractivity contribution < 1.29 is 43.3 Å². The molecule has 1 saturated heterocycles.